The first kappa shape index (κ1) is 22.5. The Balaban J connectivity index is 1.75. The van der Waals surface area contributed by atoms with Gasteiger partial charge < -0.3 is 14.2 Å². The van der Waals surface area contributed by atoms with E-state index < -0.39 is 0 Å². The van der Waals surface area contributed by atoms with Crippen molar-refractivity contribution in [2.45, 2.75) is 103 Å². The highest BCUT2D eigenvalue weighted by Crippen LogP contribution is 2.43. The molecule has 164 valence electrons. The van der Waals surface area contributed by atoms with E-state index in [1.807, 2.05) is 24.3 Å². The molecule has 29 heavy (non-hydrogen) atoms. The Bertz CT molecular complexity index is 559. The second kappa shape index (κ2) is 10.7. The lowest BCUT2D eigenvalue weighted by Gasteiger charge is -2.40. The van der Waals surface area contributed by atoms with Crippen molar-refractivity contribution >= 4 is 0 Å². The number of benzene rings is 1. The Hall–Kier alpha value is -1.22. The van der Waals surface area contributed by atoms with Gasteiger partial charge >= 0.3 is 0 Å². The van der Waals surface area contributed by atoms with Crippen LogP contribution in [-0.4, -0.2) is 19.0 Å². The van der Waals surface area contributed by atoms with Gasteiger partial charge in [0.05, 0.1) is 12.7 Å². The van der Waals surface area contributed by atoms with Crippen molar-refractivity contribution in [3.63, 3.8) is 0 Å². The highest BCUT2D eigenvalue weighted by atomic mass is 16.7. The normalized spacial score (nSPS) is 20.6. The molecule has 0 bridgehead atoms. The fourth-order valence-corrected chi connectivity index (χ4v) is 5.44. The molecule has 1 unspecified atom stereocenters. The van der Waals surface area contributed by atoms with Gasteiger partial charge in [-0.1, -0.05) is 64.2 Å². The number of hydrogen-bond donors (Lipinski definition) is 0. The molecule has 0 saturated heterocycles. The number of methoxy groups -OCH3 is 1. The summed E-state index contributed by atoms with van der Waals surface area (Å²) in [6, 6.07) is 7.91. The maximum atomic E-state index is 6.46. The monoisotopic (exact) mass is 402 g/mol. The van der Waals surface area contributed by atoms with E-state index in [0.29, 0.717) is 0 Å². The van der Waals surface area contributed by atoms with Gasteiger partial charge in [-0.15, -0.1) is 0 Å². The maximum Gasteiger partial charge on any atom is 0.200 e. The fourth-order valence-electron chi connectivity index (χ4n) is 5.44. The van der Waals surface area contributed by atoms with Crippen LogP contribution < -0.4 is 9.47 Å². The molecule has 0 aliphatic heterocycles. The molecule has 0 spiro atoms. The smallest absolute Gasteiger partial charge is 0.200 e. The highest BCUT2D eigenvalue weighted by Gasteiger charge is 2.35. The molecular weight excluding hydrogens is 360 g/mol. The molecule has 0 heterocycles. The van der Waals surface area contributed by atoms with E-state index in [-0.39, 0.29) is 11.9 Å². The summed E-state index contributed by atoms with van der Waals surface area (Å²) in [5.41, 5.74) is -0.221. The second-order valence-electron chi connectivity index (χ2n) is 10.1. The van der Waals surface area contributed by atoms with Crippen LogP contribution in [-0.2, 0) is 4.74 Å². The van der Waals surface area contributed by atoms with Crippen molar-refractivity contribution in [1.82, 2.24) is 0 Å². The average molecular weight is 403 g/mol. The second-order valence-corrected chi connectivity index (χ2v) is 10.1. The fraction of sp³-hybridized carbons (Fsp3) is 0.769. The van der Waals surface area contributed by atoms with Crippen molar-refractivity contribution in [1.29, 1.82) is 0 Å². The Labute approximate surface area is 178 Å². The van der Waals surface area contributed by atoms with Crippen molar-refractivity contribution in [2.24, 2.45) is 17.8 Å². The van der Waals surface area contributed by atoms with Crippen LogP contribution in [0.15, 0.2) is 24.3 Å². The molecule has 2 fully saturated rings. The molecule has 0 N–H and O–H groups in total. The predicted octanol–water partition coefficient (Wildman–Crippen LogP) is 7.38. The van der Waals surface area contributed by atoms with E-state index in [2.05, 4.69) is 20.8 Å². The summed E-state index contributed by atoms with van der Waals surface area (Å²) in [6.07, 6.45) is 14.8. The summed E-state index contributed by atoms with van der Waals surface area (Å²) in [7, 11) is 1.69. The van der Waals surface area contributed by atoms with Crippen molar-refractivity contribution in [2.75, 3.05) is 7.11 Å². The Kier molecular flexibility index (Phi) is 8.29. The van der Waals surface area contributed by atoms with Gasteiger partial charge in [0, 0.05) is 6.42 Å². The summed E-state index contributed by atoms with van der Waals surface area (Å²) in [6.45, 7) is 6.40. The minimum Gasteiger partial charge on any atom is -0.497 e. The van der Waals surface area contributed by atoms with Crippen LogP contribution in [0.5, 0.6) is 11.5 Å². The molecular formula is C26H42O3. The van der Waals surface area contributed by atoms with E-state index in [4.69, 9.17) is 14.2 Å². The molecule has 3 nitrogen and oxygen atoms in total. The van der Waals surface area contributed by atoms with Crippen LogP contribution in [0.4, 0.5) is 0 Å². The lowest BCUT2D eigenvalue weighted by Crippen LogP contribution is -2.37. The SMILES string of the molecule is COc1ccc(OC(CC(C2CCCCC2)C2CCCCC2)OC(C)(C)C)cc1. The maximum absolute atomic E-state index is 6.46. The van der Waals surface area contributed by atoms with E-state index in [0.717, 1.165) is 35.7 Å². The highest BCUT2D eigenvalue weighted by molar-refractivity contribution is 5.31. The van der Waals surface area contributed by atoms with E-state index in [1.54, 1.807) is 7.11 Å². The van der Waals surface area contributed by atoms with Crippen LogP contribution in [0, 0.1) is 17.8 Å². The van der Waals surface area contributed by atoms with E-state index in [1.165, 1.54) is 64.2 Å². The molecule has 1 aromatic rings. The summed E-state index contributed by atoms with van der Waals surface area (Å²) in [5.74, 6) is 4.13. The minimum absolute atomic E-state index is 0.197. The molecule has 0 aromatic heterocycles. The van der Waals surface area contributed by atoms with Crippen molar-refractivity contribution < 1.29 is 14.2 Å². The molecule has 3 rings (SSSR count). The average Bonchev–Trinajstić information content (AvgIpc) is 2.72. The minimum atomic E-state index is -0.221. The molecule has 2 aliphatic rings. The Morgan fingerprint density at radius 3 is 1.72 bits per heavy atom. The van der Waals surface area contributed by atoms with Gasteiger partial charge in [0.1, 0.15) is 11.5 Å². The van der Waals surface area contributed by atoms with Gasteiger partial charge in [0.25, 0.3) is 0 Å². The standard InChI is InChI=1S/C26H42O3/c1-26(2,3)29-25(28-23-17-15-22(27-4)16-18-23)19-24(20-11-7-5-8-12-20)21-13-9-6-10-14-21/h15-18,20-21,24-25H,5-14,19H2,1-4H3. The van der Waals surface area contributed by atoms with Gasteiger partial charge in [0.2, 0.25) is 6.29 Å². The van der Waals surface area contributed by atoms with Crippen LogP contribution >= 0.6 is 0 Å². The molecule has 0 radical (unpaired) electrons. The first-order chi connectivity index (χ1) is 13.9. The quantitative estimate of drug-likeness (QED) is 0.424. The van der Waals surface area contributed by atoms with Gasteiger partial charge in [-0.05, 0) is 62.8 Å². The zero-order valence-corrected chi connectivity index (χ0v) is 19.1. The number of ether oxygens (including phenoxy) is 3. The summed E-state index contributed by atoms with van der Waals surface area (Å²) in [4.78, 5) is 0. The van der Waals surface area contributed by atoms with Gasteiger partial charge in [-0.2, -0.15) is 0 Å². The van der Waals surface area contributed by atoms with Crippen LogP contribution in [0.3, 0.4) is 0 Å². The molecule has 2 saturated carbocycles. The predicted molar refractivity (Wildman–Crippen MR) is 120 cm³/mol. The third kappa shape index (κ3) is 7.20. The lowest BCUT2D eigenvalue weighted by molar-refractivity contribution is -0.165. The molecule has 1 aromatic carbocycles. The zero-order valence-electron chi connectivity index (χ0n) is 19.1. The largest absolute Gasteiger partial charge is 0.497 e. The third-order valence-electron chi connectivity index (χ3n) is 6.79. The lowest BCUT2D eigenvalue weighted by atomic mass is 9.68. The Morgan fingerprint density at radius 1 is 0.793 bits per heavy atom. The molecule has 1 atom stereocenters. The molecule has 0 amide bonds. The van der Waals surface area contributed by atoms with E-state index >= 15 is 0 Å². The topological polar surface area (TPSA) is 27.7 Å². The third-order valence-corrected chi connectivity index (χ3v) is 6.79. The van der Waals surface area contributed by atoms with Gasteiger partial charge in [-0.25, -0.2) is 0 Å². The molecule has 2 aliphatic carbocycles. The molecule has 3 heteroatoms. The number of hydrogen-bond acceptors (Lipinski definition) is 3. The van der Waals surface area contributed by atoms with Crippen LogP contribution in [0.25, 0.3) is 0 Å². The summed E-state index contributed by atoms with van der Waals surface area (Å²) < 4.78 is 18.2. The Morgan fingerprint density at radius 2 is 1.28 bits per heavy atom. The van der Waals surface area contributed by atoms with Crippen molar-refractivity contribution in [3.8, 4) is 11.5 Å². The van der Waals surface area contributed by atoms with Gasteiger partial charge in [0.15, 0.2) is 0 Å². The first-order valence-electron chi connectivity index (χ1n) is 11.9. The summed E-state index contributed by atoms with van der Waals surface area (Å²) >= 11 is 0. The number of rotatable bonds is 8. The summed E-state index contributed by atoms with van der Waals surface area (Å²) in [5, 5.41) is 0. The van der Waals surface area contributed by atoms with Crippen molar-refractivity contribution in [3.05, 3.63) is 24.3 Å². The van der Waals surface area contributed by atoms with E-state index in [9.17, 15) is 0 Å². The van der Waals surface area contributed by atoms with Crippen LogP contribution in [0.2, 0.25) is 0 Å². The van der Waals surface area contributed by atoms with Gasteiger partial charge in [-0.3, -0.25) is 0 Å². The van der Waals surface area contributed by atoms with Crippen LogP contribution in [0.1, 0.15) is 91.4 Å². The zero-order chi connectivity index (χ0) is 20.7. The first-order valence-corrected chi connectivity index (χ1v) is 11.9.